The molecular formula is C24H28N2O9. The minimum atomic E-state index is -1.19. The first-order valence-electron chi connectivity index (χ1n) is 9.54. The molecule has 0 spiro atoms. The summed E-state index contributed by atoms with van der Waals surface area (Å²) < 4.78 is 4.62. The summed E-state index contributed by atoms with van der Waals surface area (Å²) in [4.78, 5) is 48.4. The van der Waals surface area contributed by atoms with E-state index in [1.807, 2.05) is 0 Å². The van der Waals surface area contributed by atoms with Crippen LogP contribution in [0, 0.1) is 24.7 Å². The number of aliphatic hydroxyl groups excluding tert-OH is 1. The van der Waals surface area contributed by atoms with Crippen molar-refractivity contribution in [3.05, 3.63) is 82.9 Å². The monoisotopic (exact) mass is 488 g/mol. The smallest absolute Gasteiger partial charge is 0.339 e. The molecule has 188 valence electrons. The van der Waals surface area contributed by atoms with Crippen molar-refractivity contribution in [1.29, 1.82) is 10.8 Å². The number of aliphatic hydroxyl groups is 1. The molecule has 11 heteroatoms. The van der Waals surface area contributed by atoms with Crippen molar-refractivity contribution < 1.29 is 44.0 Å². The normalized spacial score (nSPS) is 8.00. The van der Waals surface area contributed by atoms with E-state index in [0.29, 0.717) is 0 Å². The second-order valence-electron chi connectivity index (χ2n) is 6.08. The molecule has 11 nitrogen and oxygen atoms in total. The van der Waals surface area contributed by atoms with Crippen LogP contribution in [0.1, 0.15) is 38.8 Å². The Morgan fingerprint density at radius 2 is 1.23 bits per heavy atom. The van der Waals surface area contributed by atoms with Crippen LogP contribution in [0.3, 0.4) is 0 Å². The fraction of sp³-hybridized carbons (Fsp3) is 0.208. The van der Waals surface area contributed by atoms with Gasteiger partial charge in [-0.2, -0.15) is 0 Å². The Morgan fingerprint density at radius 3 is 1.51 bits per heavy atom. The fourth-order valence-corrected chi connectivity index (χ4v) is 1.73. The van der Waals surface area contributed by atoms with Gasteiger partial charge in [0, 0.05) is 5.57 Å². The molecule has 35 heavy (non-hydrogen) atoms. The highest BCUT2D eigenvalue weighted by Crippen LogP contribution is 2.10. The van der Waals surface area contributed by atoms with Crippen LogP contribution in [0.5, 0.6) is 0 Å². The number of rotatable bonds is 5. The van der Waals surface area contributed by atoms with Gasteiger partial charge in [-0.15, -0.1) is 0 Å². The highest BCUT2D eigenvalue weighted by atomic mass is 16.5. The van der Waals surface area contributed by atoms with Crippen molar-refractivity contribution in [2.75, 3.05) is 13.2 Å². The van der Waals surface area contributed by atoms with Crippen LogP contribution >= 0.6 is 0 Å². The van der Waals surface area contributed by atoms with Crippen LogP contribution in [0.15, 0.2) is 60.7 Å². The van der Waals surface area contributed by atoms with E-state index in [2.05, 4.69) is 49.4 Å². The van der Waals surface area contributed by atoms with E-state index in [1.165, 1.54) is 36.2 Å². The Hall–Kier alpha value is -4.69. The van der Waals surface area contributed by atoms with Gasteiger partial charge < -0.3 is 20.1 Å². The first-order valence-corrected chi connectivity index (χ1v) is 9.54. The summed E-state index contributed by atoms with van der Waals surface area (Å²) in [6.07, 6.45) is 1.50. The fourth-order valence-electron chi connectivity index (χ4n) is 1.73. The van der Waals surface area contributed by atoms with Gasteiger partial charge in [0.2, 0.25) is 12.2 Å². The maximum Gasteiger partial charge on any atom is 0.339 e. The van der Waals surface area contributed by atoms with E-state index in [9.17, 15) is 14.4 Å². The van der Waals surface area contributed by atoms with Crippen LogP contribution in [-0.4, -0.2) is 58.6 Å². The second kappa shape index (κ2) is 22.5. The Kier molecular flexibility index (Phi) is 22.4. The maximum atomic E-state index is 11.3. The lowest BCUT2D eigenvalue weighted by molar-refractivity contribution is -0.132. The van der Waals surface area contributed by atoms with E-state index >= 15 is 0 Å². The van der Waals surface area contributed by atoms with Gasteiger partial charge in [-0.25, -0.2) is 34.8 Å². The molecular weight excluding hydrogens is 460 g/mol. The second-order valence-corrected chi connectivity index (χ2v) is 6.08. The van der Waals surface area contributed by atoms with Crippen LogP contribution in [-0.2, 0) is 19.1 Å². The Bertz CT molecular complexity index is 976. The Balaban J connectivity index is -0.000000430. The summed E-state index contributed by atoms with van der Waals surface area (Å²) in [5.41, 5.74) is 2.79. The number of carboxylic acids is 2. The molecule has 0 amide bonds. The molecule has 0 radical (unpaired) electrons. The molecule has 0 aliphatic carbocycles. The van der Waals surface area contributed by atoms with Gasteiger partial charge in [-0.1, -0.05) is 43.0 Å². The molecule has 0 aromatic heterocycles. The topological polar surface area (TPSA) is 203 Å². The molecule has 0 aliphatic heterocycles. The lowest BCUT2D eigenvalue weighted by atomic mass is 10.1. The number of benzene rings is 2. The average molecular weight is 488 g/mol. The summed E-state index contributed by atoms with van der Waals surface area (Å²) in [6, 6.07) is 14.1. The lowest BCUT2D eigenvalue weighted by Crippen LogP contribution is -2.13. The predicted molar refractivity (Wildman–Crippen MR) is 126 cm³/mol. The minimum absolute atomic E-state index is 0.0153. The summed E-state index contributed by atoms with van der Waals surface area (Å²) >= 11 is 0. The highest BCUT2D eigenvalue weighted by Gasteiger charge is 2.16. The third kappa shape index (κ3) is 19.7. The van der Waals surface area contributed by atoms with Gasteiger partial charge in [0.15, 0.2) is 0 Å². The number of carboxylic acid groups (broad SMARTS) is 2. The van der Waals surface area contributed by atoms with E-state index in [-0.39, 0.29) is 29.9 Å². The van der Waals surface area contributed by atoms with Gasteiger partial charge in [0.25, 0.3) is 0 Å². The number of carbonyl (C=O) groups is 3. The number of esters is 1. The Morgan fingerprint density at radius 1 is 0.886 bits per heavy atom. The zero-order chi connectivity index (χ0) is 27.8. The molecule has 0 fully saturated rings. The number of hydrogen-bond acceptors (Lipinski definition) is 9. The van der Waals surface area contributed by atoms with E-state index in [4.69, 9.17) is 35.7 Å². The van der Waals surface area contributed by atoms with Crippen LogP contribution < -0.4 is 0 Å². The highest BCUT2D eigenvalue weighted by molar-refractivity contribution is 6.02. The van der Waals surface area contributed by atoms with Crippen molar-refractivity contribution in [1.82, 2.24) is 0 Å². The third-order valence-electron chi connectivity index (χ3n) is 3.49. The number of hydrogen-bond donors (Lipinski definition) is 5. The number of aromatic carboxylic acids is 1. The zero-order valence-electron chi connectivity index (χ0n) is 19.5. The molecule has 0 unspecified atom stereocenters. The molecule has 2 rings (SSSR count). The summed E-state index contributed by atoms with van der Waals surface area (Å²) in [6.45, 7) is 8.41. The number of nitrogens with one attached hydrogen (secondary N) is 2. The quantitative estimate of drug-likeness (QED) is 0.181. The largest absolute Gasteiger partial charge is 0.478 e. The number of aryl methyl sites for hydroxylation is 2. The average Bonchev–Trinajstić information content (AvgIpc) is 2.81. The van der Waals surface area contributed by atoms with Gasteiger partial charge in [-0.3, -0.25) is 0 Å². The molecule has 0 bridgehead atoms. The Labute approximate surface area is 202 Å². The van der Waals surface area contributed by atoms with Crippen molar-refractivity contribution in [3.8, 4) is 0 Å². The molecule has 0 aliphatic rings. The third-order valence-corrected chi connectivity index (χ3v) is 3.49. The number of carbonyl (C=O) groups excluding carboxylic acids is 3. The van der Waals surface area contributed by atoms with Crippen LogP contribution in [0.4, 0.5) is 0 Å². The number of aliphatic carboxylic acids is 1. The van der Waals surface area contributed by atoms with Gasteiger partial charge >= 0.3 is 17.9 Å². The van der Waals surface area contributed by atoms with Gasteiger partial charge in [0.1, 0.15) is 6.61 Å². The zero-order valence-corrected chi connectivity index (χ0v) is 19.5. The van der Waals surface area contributed by atoms with Crippen molar-refractivity contribution in [3.63, 3.8) is 0 Å². The van der Waals surface area contributed by atoms with E-state index in [1.54, 1.807) is 6.07 Å². The maximum absolute atomic E-state index is 11.3. The summed E-state index contributed by atoms with van der Waals surface area (Å²) in [5.74, 6) is -2.87. The van der Waals surface area contributed by atoms with E-state index < -0.39 is 17.9 Å². The molecule has 5 N–H and O–H groups in total. The molecule has 0 saturated heterocycles. The van der Waals surface area contributed by atoms with Crippen molar-refractivity contribution >= 4 is 30.1 Å². The standard InChI is InChI=1S/C10H10O5.C8H10.C4H6O2.2CHNO/c11-5-6-15-10(14)8-4-2-1-3-7(8)9(12)13;1-7-5-3-4-6-8(7)2;1-3(2)4(5)6;2*2-1-3/h1-4,11H,5-6H2,(H,12,13);3-6H,1-2H3;1H2,2H3,(H,5,6);2*2H. The summed E-state index contributed by atoms with van der Waals surface area (Å²) in [7, 11) is 0. The van der Waals surface area contributed by atoms with Gasteiger partial charge in [-0.05, 0) is 44.0 Å². The number of ether oxygens (including phenoxy) is 1. The summed E-state index contributed by atoms with van der Waals surface area (Å²) in [5, 5.41) is 35.9. The number of isocyanates is 2. The molecule has 0 saturated carbocycles. The predicted octanol–water partition coefficient (Wildman–Crippen LogP) is 3.29. The first-order chi connectivity index (χ1) is 16.4. The SMILES string of the molecule is C=C(C)C(=O)O.Cc1ccccc1C.N=C=O.N=C=O.O=C(O)c1ccccc1C(=O)OCCO. The van der Waals surface area contributed by atoms with Crippen LogP contribution in [0.25, 0.3) is 0 Å². The van der Waals surface area contributed by atoms with Crippen molar-refractivity contribution in [2.24, 2.45) is 0 Å². The van der Waals surface area contributed by atoms with Crippen molar-refractivity contribution in [2.45, 2.75) is 20.8 Å². The first kappa shape index (κ1) is 34.9. The van der Waals surface area contributed by atoms with Crippen LogP contribution in [0.2, 0.25) is 0 Å². The molecule has 0 heterocycles. The van der Waals surface area contributed by atoms with E-state index in [0.717, 1.165) is 12.2 Å². The molecule has 0 atom stereocenters. The molecule has 2 aromatic carbocycles. The molecule has 2 aromatic rings. The lowest BCUT2D eigenvalue weighted by Gasteiger charge is -2.05. The van der Waals surface area contributed by atoms with Gasteiger partial charge in [0.05, 0.1) is 17.7 Å². The minimum Gasteiger partial charge on any atom is -0.478 e.